The zero-order chi connectivity index (χ0) is 18.4. The lowest BCUT2D eigenvalue weighted by molar-refractivity contribution is 0.157. The van der Waals surface area contributed by atoms with Crippen LogP contribution in [0.25, 0.3) is 0 Å². The lowest BCUT2D eigenvalue weighted by Gasteiger charge is -2.35. The van der Waals surface area contributed by atoms with Crippen LogP contribution in [0.4, 0.5) is 4.39 Å². The molecule has 1 aliphatic heterocycles. The van der Waals surface area contributed by atoms with Gasteiger partial charge in [0.25, 0.3) is 0 Å². The Morgan fingerprint density at radius 2 is 1.80 bits per heavy atom. The van der Waals surface area contributed by atoms with Crippen molar-refractivity contribution in [3.8, 4) is 11.5 Å². The molecule has 1 unspecified atom stereocenters. The number of methoxy groups -OCH3 is 2. The first-order chi connectivity index (χ1) is 11.9. The van der Waals surface area contributed by atoms with Gasteiger partial charge >= 0.3 is 0 Å². The third-order valence-corrected chi connectivity index (χ3v) is 5.50. The van der Waals surface area contributed by atoms with E-state index >= 15 is 0 Å². The van der Waals surface area contributed by atoms with Gasteiger partial charge in [-0.05, 0) is 53.9 Å². The number of fused-ring (bicyclic) bond motifs is 1. The molecule has 0 aromatic heterocycles. The van der Waals surface area contributed by atoms with E-state index in [9.17, 15) is 4.39 Å². The highest BCUT2D eigenvalue weighted by Gasteiger charge is 2.26. The number of hydrogen-bond acceptors (Lipinski definition) is 3. The normalized spacial score (nSPS) is 16.4. The zero-order valence-electron chi connectivity index (χ0n) is 16.5. The van der Waals surface area contributed by atoms with E-state index in [0.29, 0.717) is 12.3 Å². The van der Waals surface area contributed by atoms with Gasteiger partial charge in [-0.1, -0.05) is 27.2 Å². The minimum Gasteiger partial charge on any atom is -0.493 e. The molecular weight excluding hydrogens is 317 g/mol. The number of hydrogen-bond donors (Lipinski definition) is 0. The monoisotopic (exact) mass is 351 g/mol. The predicted molar refractivity (Wildman–Crippen MR) is 101 cm³/mol. The van der Waals surface area contributed by atoms with Crippen LogP contribution < -0.4 is 9.47 Å². The minimum absolute atomic E-state index is 0.0830. The summed E-state index contributed by atoms with van der Waals surface area (Å²) in [7, 11) is 3.37. The van der Waals surface area contributed by atoms with Gasteiger partial charge in [0.05, 0.1) is 20.9 Å². The number of halogens is 1. The first kappa shape index (κ1) is 20.0. The third-order valence-electron chi connectivity index (χ3n) is 5.50. The Bertz CT molecular complexity index is 559. The average molecular weight is 352 g/mol. The summed E-state index contributed by atoms with van der Waals surface area (Å²) in [6, 6.07) is 4.24. The third kappa shape index (κ3) is 5.34. The van der Waals surface area contributed by atoms with Crippen molar-refractivity contribution in [1.82, 2.24) is 4.90 Å². The van der Waals surface area contributed by atoms with Gasteiger partial charge in [0, 0.05) is 19.6 Å². The van der Waals surface area contributed by atoms with Crippen molar-refractivity contribution in [2.75, 3.05) is 34.0 Å². The zero-order valence-corrected chi connectivity index (χ0v) is 16.5. The Kier molecular flexibility index (Phi) is 7.12. The maximum atomic E-state index is 12.8. The molecule has 0 spiro atoms. The number of nitrogens with zero attached hydrogens (tertiary/aromatic N) is 1. The smallest absolute Gasteiger partial charge is 0.161 e. The van der Waals surface area contributed by atoms with Crippen molar-refractivity contribution in [2.24, 2.45) is 11.3 Å². The Morgan fingerprint density at radius 1 is 1.16 bits per heavy atom. The quantitative estimate of drug-likeness (QED) is 0.634. The highest BCUT2D eigenvalue weighted by Crippen LogP contribution is 2.35. The van der Waals surface area contributed by atoms with Crippen LogP contribution in [0.5, 0.6) is 11.5 Å². The van der Waals surface area contributed by atoms with E-state index in [0.717, 1.165) is 50.4 Å². The number of rotatable bonds is 9. The summed E-state index contributed by atoms with van der Waals surface area (Å²) in [6.45, 7) is 9.53. The molecule has 0 saturated heterocycles. The SMILES string of the molecule is CCC(CN1CCc2cc(OC)c(OC)cc2C1)CC(C)(C)CCF. The van der Waals surface area contributed by atoms with Crippen molar-refractivity contribution >= 4 is 0 Å². The molecule has 0 fully saturated rings. The maximum absolute atomic E-state index is 12.8. The molecule has 3 nitrogen and oxygen atoms in total. The van der Waals surface area contributed by atoms with Gasteiger partial charge in [-0.25, -0.2) is 0 Å². The van der Waals surface area contributed by atoms with Crippen LogP contribution >= 0.6 is 0 Å². The van der Waals surface area contributed by atoms with E-state index in [4.69, 9.17) is 9.47 Å². The fourth-order valence-electron chi connectivity index (χ4n) is 3.94. The van der Waals surface area contributed by atoms with E-state index < -0.39 is 0 Å². The van der Waals surface area contributed by atoms with Crippen LogP contribution in [0.3, 0.4) is 0 Å². The second-order valence-electron chi connectivity index (χ2n) is 8.04. The molecule has 142 valence electrons. The highest BCUT2D eigenvalue weighted by molar-refractivity contribution is 5.48. The Labute approximate surface area is 152 Å². The van der Waals surface area contributed by atoms with Gasteiger partial charge in [0.1, 0.15) is 0 Å². The average Bonchev–Trinajstić information content (AvgIpc) is 2.59. The molecule has 1 aromatic rings. The van der Waals surface area contributed by atoms with Gasteiger partial charge in [0.15, 0.2) is 11.5 Å². The van der Waals surface area contributed by atoms with Crippen molar-refractivity contribution < 1.29 is 13.9 Å². The molecule has 0 saturated carbocycles. The molecule has 1 heterocycles. The molecule has 1 atom stereocenters. The topological polar surface area (TPSA) is 21.7 Å². The Morgan fingerprint density at radius 3 is 2.36 bits per heavy atom. The molecule has 0 aliphatic carbocycles. The molecular formula is C21H34FNO2. The van der Waals surface area contributed by atoms with Gasteiger partial charge in [-0.3, -0.25) is 9.29 Å². The number of benzene rings is 1. The lowest BCUT2D eigenvalue weighted by atomic mass is 9.79. The van der Waals surface area contributed by atoms with Crippen LogP contribution in [0.1, 0.15) is 51.2 Å². The second kappa shape index (κ2) is 8.88. The van der Waals surface area contributed by atoms with Crippen molar-refractivity contribution in [1.29, 1.82) is 0 Å². The van der Waals surface area contributed by atoms with Crippen LogP contribution in [-0.2, 0) is 13.0 Å². The molecule has 4 heteroatoms. The van der Waals surface area contributed by atoms with E-state index in [-0.39, 0.29) is 12.1 Å². The summed E-state index contributed by atoms with van der Waals surface area (Å²) < 4.78 is 23.6. The Hall–Kier alpha value is -1.29. The van der Waals surface area contributed by atoms with Gasteiger partial charge in [0.2, 0.25) is 0 Å². The van der Waals surface area contributed by atoms with E-state index in [1.807, 2.05) is 0 Å². The second-order valence-corrected chi connectivity index (χ2v) is 8.04. The Balaban J connectivity index is 2.04. The number of ether oxygens (including phenoxy) is 2. The van der Waals surface area contributed by atoms with E-state index in [2.05, 4.69) is 37.8 Å². The largest absolute Gasteiger partial charge is 0.493 e. The summed E-state index contributed by atoms with van der Waals surface area (Å²) in [5.41, 5.74) is 2.78. The predicted octanol–water partition coefficient (Wildman–Crippen LogP) is 4.86. The molecule has 1 aliphatic rings. The molecule has 0 bridgehead atoms. The van der Waals surface area contributed by atoms with Crippen LogP contribution in [0.15, 0.2) is 12.1 Å². The van der Waals surface area contributed by atoms with Crippen LogP contribution in [0, 0.1) is 11.3 Å². The summed E-state index contributed by atoms with van der Waals surface area (Å²) in [6.07, 6.45) is 3.93. The van der Waals surface area contributed by atoms with Crippen molar-refractivity contribution in [2.45, 2.75) is 53.0 Å². The molecule has 1 aromatic carbocycles. The van der Waals surface area contributed by atoms with E-state index in [1.165, 1.54) is 11.1 Å². The highest BCUT2D eigenvalue weighted by atomic mass is 19.1. The van der Waals surface area contributed by atoms with Crippen LogP contribution in [-0.4, -0.2) is 38.9 Å². The van der Waals surface area contributed by atoms with Crippen molar-refractivity contribution in [3.63, 3.8) is 0 Å². The fraction of sp³-hybridized carbons (Fsp3) is 0.714. The van der Waals surface area contributed by atoms with Gasteiger partial charge in [-0.2, -0.15) is 0 Å². The molecule has 25 heavy (non-hydrogen) atoms. The molecule has 0 amide bonds. The molecule has 0 N–H and O–H groups in total. The lowest BCUT2D eigenvalue weighted by Crippen LogP contribution is -2.36. The molecule has 2 rings (SSSR count). The first-order valence-electron chi connectivity index (χ1n) is 9.44. The van der Waals surface area contributed by atoms with Gasteiger partial charge < -0.3 is 9.47 Å². The molecule has 0 radical (unpaired) electrons. The maximum Gasteiger partial charge on any atom is 0.161 e. The van der Waals surface area contributed by atoms with Crippen LogP contribution in [0.2, 0.25) is 0 Å². The van der Waals surface area contributed by atoms with E-state index in [1.54, 1.807) is 14.2 Å². The fourth-order valence-corrected chi connectivity index (χ4v) is 3.94. The number of alkyl halides is 1. The summed E-state index contributed by atoms with van der Waals surface area (Å²) in [5, 5.41) is 0. The summed E-state index contributed by atoms with van der Waals surface area (Å²) in [4.78, 5) is 2.54. The minimum atomic E-state index is -0.220. The first-order valence-corrected chi connectivity index (χ1v) is 9.44. The summed E-state index contributed by atoms with van der Waals surface area (Å²) >= 11 is 0. The standard InChI is InChI=1S/C21H34FNO2/c1-6-16(13-21(2,3)8-9-22)14-23-10-7-17-11-19(24-4)20(25-5)12-18(17)15-23/h11-12,16H,6-10,13-15H2,1-5H3. The van der Waals surface area contributed by atoms with Crippen molar-refractivity contribution in [3.05, 3.63) is 23.3 Å². The van der Waals surface area contributed by atoms with Gasteiger partial charge in [-0.15, -0.1) is 0 Å². The summed E-state index contributed by atoms with van der Waals surface area (Å²) in [5.74, 6) is 2.23.